The van der Waals surface area contributed by atoms with Gasteiger partial charge in [0.05, 0.1) is 5.69 Å². The van der Waals surface area contributed by atoms with Gasteiger partial charge in [0.2, 0.25) is 6.10 Å². The van der Waals surface area contributed by atoms with Gasteiger partial charge in [0, 0.05) is 12.7 Å². The highest BCUT2D eigenvalue weighted by Gasteiger charge is 2.28. The van der Waals surface area contributed by atoms with Crippen molar-refractivity contribution in [3.05, 3.63) is 42.5 Å². The quantitative estimate of drug-likeness (QED) is 0.902. The first-order valence-corrected chi connectivity index (χ1v) is 7.84. The van der Waals surface area contributed by atoms with Crippen LogP contribution < -0.4 is 24.4 Å². The van der Waals surface area contributed by atoms with Gasteiger partial charge < -0.3 is 24.4 Å². The fourth-order valence-corrected chi connectivity index (χ4v) is 2.72. The number of hydrogen-bond acceptors (Lipinski definition) is 5. The van der Waals surface area contributed by atoms with Crippen LogP contribution in [0.3, 0.4) is 0 Å². The van der Waals surface area contributed by atoms with E-state index in [2.05, 4.69) is 5.32 Å². The van der Waals surface area contributed by atoms with Crippen molar-refractivity contribution >= 4 is 23.2 Å². The summed E-state index contributed by atoms with van der Waals surface area (Å²) in [5.74, 6) is 1.30. The van der Waals surface area contributed by atoms with Crippen molar-refractivity contribution in [3.63, 3.8) is 0 Å². The van der Waals surface area contributed by atoms with Crippen LogP contribution in [0.2, 0.25) is 0 Å². The second-order valence-electron chi connectivity index (χ2n) is 5.78. The molecule has 0 spiro atoms. The van der Waals surface area contributed by atoms with E-state index < -0.39 is 6.10 Å². The molecule has 2 aliphatic rings. The number of anilines is 2. The molecule has 0 unspecified atom stereocenters. The molecule has 0 saturated carbocycles. The number of nitrogens with one attached hydrogen (secondary N) is 1. The summed E-state index contributed by atoms with van der Waals surface area (Å²) in [6.07, 6.45) is -0.749. The largest absolute Gasteiger partial charge is 0.485 e. The number of fused-ring (bicyclic) bond motifs is 2. The van der Waals surface area contributed by atoms with Gasteiger partial charge in [-0.05, 0) is 30.3 Å². The Labute approximate surface area is 144 Å². The highest BCUT2D eigenvalue weighted by molar-refractivity contribution is 6.00. The van der Waals surface area contributed by atoms with E-state index in [-0.39, 0.29) is 25.0 Å². The van der Waals surface area contributed by atoms with Crippen LogP contribution in [-0.2, 0) is 9.59 Å². The summed E-state index contributed by atoms with van der Waals surface area (Å²) in [5, 5.41) is 2.79. The number of likely N-dealkylation sites (N-methyl/N-ethyl adjacent to an activating group) is 1. The fraction of sp³-hybridized carbons (Fsp3) is 0.222. The zero-order valence-electron chi connectivity index (χ0n) is 13.5. The molecule has 0 radical (unpaired) electrons. The molecule has 0 aliphatic carbocycles. The standard InChI is InChI=1S/C18H16N2O5/c1-20-12-8-11(6-7-13(12)24-10-17(20)21)19-18(22)16-9-23-14-4-2-3-5-15(14)25-16/h2-8,16H,9-10H2,1H3,(H,19,22)/t16-/m0/s1. The lowest BCUT2D eigenvalue weighted by molar-refractivity contribution is -0.125. The molecule has 1 atom stereocenters. The van der Waals surface area contributed by atoms with E-state index in [0.29, 0.717) is 28.6 Å². The Balaban J connectivity index is 1.49. The molecule has 2 aromatic carbocycles. The van der Waals surface area contributed by atoms with Gasteiger partial charge in [-0.25, -0.2) is 0 Å². The predicted molar refractivity (Wildman–Crippen MR) is 90.3 cm³/mol. The third-order valence-electron chi connectivity index (χ3n) is 4.11. The van der Waals surface area contributed by atoms with Gasteiger partial charge in [0.1, 0.15) is 12.4 Å². The Morgan fingerprint density at radius 2 is 1.92 bits per heavy atom. The highest BCUT2D eigenvalue weighted by atomic mass is 16.6. The normalized spacial score (nSPS) is 18.2. The Kier molecular flexibility index (Phi) is 3.68. The second-order valence-corrected chi connectivity index (χ2v) is 5.78. The number of hydrogen-bond donors (Lipinski definition) is 1. The summed E-state index contributed by atoms with van der Waals surface area (Å²) in [6.45, 7) is 0.150. The van der Waals surface area contributed by atoms with Crippen molar-refractivity contribution in [3.8, 4) is 17.2 Å². The SMILES string of the molecule is CN1C(=O)COc2ccc(NC(=O)[C@@H]3COc4ccccc4O3)cc21. The lowest BCUT2D eigenvalue weighted by Gasteiger charge is -2.27. The summed E-state index contributed by atoms with van der Waals surface area (Å²) >= 11 is 0. The number of amides is 2. The Morgan fingerprint density at radius 1 is 1.12 bits per heavy atom. The number of ether oxygens (including phenoxy) is 3. The van der Waals surface area contributed by atoms with Crippen molar-refractivity contribution in [2.45, 2.75) is 6.10 Å². The number of carbonyl (C=O) groups is 2. The summed E-state index contributed by atoms with van der Waals surface area (Å²) in [6, 6.07) is 12.3. The monoisotopic (exact) mass is 340 g/mol. The Hall–Kier alpha value is -3.22. The number of rotatable bonds is 2. The van der Waals surface area contributed by atoms with Crippen molar-refractivity contribution in [1.29, 1.82) is 0 Å². The number of benzene rings is 2. The first kappa shape index (κ1) is 15.3. The molecule has 2 heterocycles. The third kappa shape index (κ3) is 2.84. The van der Waals surface area contributed by atoms with Crippen LogP contribution in [0.4, 0.5) is 11.4 Å². The summed E-state index contributed by atoms with van der Waals surface area (Å²) in [7, 11) is 1.67. The average molecular weight is 340 g/mol. The zero-order valence-corrected chi connectivity index (χ0v) is 13.5. The van der Waals surface area contributed by atoms with E-state index in [1.807, 2.05) is 12.1 Å². The lowest BCUT2D eigenvalue weighted by Crippen LogP contribution is -2.40. The molecule has 2 amide bonds. The van der Waals surface area contributed by atoms with E-state index in [1.165, 1.54) is 4.90 Å². The van der Waals surface area contributed by atoms with Crippen LogP contribution in [0.1, 0.15) is 0 Å². The van der Waals surface area contributed by atoms with E-state index in [9.17, 15) is 9.59 Å². The smallest absolute Gasteiger partial charge is 0.269 e. The topological polar surface area (TPSA) is 77.1 Å². The molecule has 0 fully saturated rings. The van der Waals surface area contributed by atoms with E-state index >= 15 is 0 Å². The maximum Gasteiger partial charge on any atom is 0.269 e. The number of carbonyl (C=O) groups excluding carboxylic acids is 2. The number of para-hydroxylation sites is 2. The van der Waals surface area contributed by atoms with Crippen molar-refractivity contribution in [2.24, 2.45) is 0 Å². The van der Waals surface area contributed by atoms with Crippen molar-refractivity contribution in [2.75, 3.05) is 30.5 Å². The first-order chi connectivity index (χ1) is 12.1. The zero-order chi connectivity index (χ0) is 17.4. The fourth-order valence-electron chi connectivity index (χ4n) is 2.72. The minimum absolute atomic E-state index is 0.0157. The molecule has 0 saturated heterocycles. The molecule has 4 rings (SSSR count). The molecular formula is C18H16N2O5. The van der Waals surface area contributed by atoms with E-state index in [0.717, 1.165) is 0 Å². The second kappa shape index (κ2) is 6.01. The van der Waals surface area contributed by atoms with Gasteiger partial charge in [-0.3, -0.25) is 9.59 Å². The minimum atomic E-state index is -0.749. The van der Waals surface area contributed by atoms with Crippen LogP contribution >= 0.6 is 0 Å². The van der Waals surface area contributed by atoms with Gasteiger partial charge in [0.15, 0.2) is 18.1 Å². The van der Waals surface area contributed by atoms with E-state index in [1.54, 1.807) is 37.4 Å². The lowest BCUT2D eigenvalue weighted by atomic mass is 10.2. The van der Waals surface area contributed by atoms with Crippen LogP contribution in [0.15, 0.2) is 42.5 Å². The highest BCUT2D eigenvalue weighted by Crippen LogP contribution is 2.34. The summed E-state index contributed by atoms with van der Waals surface area (Å²) in [4.78, 5) is 25.7. The summed E-state index contributed by atoms with van der Waals surface area (Å²) in [5.41, 5.74) is 1.16. The minimum Gasteiger partial charge on any atom is -0.485 e. The van der Waals surface area contributed by atoms with Crippen LogP contribution in [0, 0.1) is 0 Å². The molecule has 25 heavy (non-hydrogen) atoms. The molecule has 2 aliphatic heterocycles. The van der Waals surface area contributed by atoms with Crippen molar-refractivity contribution in [1.82, 2.24) is 0 Å². The molecule has 7 heteroatoms. The van der Waals surface area contributed by atoms with Crippen molar-refractivity contribution < 1.29 is 23.8 Å². The molecule has 0 aromatic heterocycles. The molecule has 2 aromatic rings. The van der Waals surface area contributed by atoms with Gasteiger partial charge in [-0.15, -0.1) is 0 Å². The van der Waals surface area contributed by atoms with Gasteiger partial charge in [-0.1, -0.05) is 12.1 Å². The van der Waals surface area contributed by atoms with Crippen LogP contribution in [0.25, 0.3) is 0 Å². The maximum absolute atomic E-state index is 12.5. The Morgan fingerprint density at radius 3 is 2.76 bits per heavy atom. The molecule has 128 valence electrons. The van der Waals surface area contributed by atoms with Crippen LogP contribution in [0.5, 0.6) is 17.2 Å². The van der Waals surface area contributed by atoms with Gasteiger partial charge in [0.25, 0.3) is 11.8 Å². The predicted octanol–water partition coefficient (Wildman–Crippen LogP) is 1.82. The summed E-state index contributed by atoms with van der Waals surface area (Å²) < 4.78 is 16.6. The molecule has 1 N–H and O–H groups in total. The average Bonchev–Trinajstić information content (AvgIpc) is 2.64. The van der Waals surface area contributed by atoms with E-state index in [4.69, 9.17) is 14.2 Å². The first-order valence-electron chi connectivity index (χ1n) is 7.84. The van der Waals surface area contributed by atoms with Crippen LogP contribution in [-0.4, -0.2) is 38.2 Å². The number of nitrogens with zero attached hydrogens (tertiary/aromatic N) is 1. The third-order valence-corrected chi connectivity index (χ3v) is 4.11. The maximum atomic E-state index is 12.5. The Bertz CT molecular complexity index is 851. The molecule has 0 bridgehead atoms. The van der Waals surface area contributed by atoms with Gasteiger partial charge in [-0.2, -0.15) is 0 Å². The molecular weight excluding hydrogens is 324 g/mol. The molecule has 7 nitrogen and oxygen atoms in total. The van der Waals surface area contributed by atoms with Gasteiger partial charge >= 0.3 is 0 Å².